The molecule has 2 nitrogen and oxygen atoms in total. The second-order valence-corrected chi connectivity index (χ2v) is 7.48. The summed E-state index contributed by atoms with van der Waals surface area (Å²) in [5.41, 5.74) is 7.28. The number of rotatable bonds is 4. The minimum absolute atomic E-state index is 0.410. The van der Waals surface area contributed by atoms with E-state index in [-0.39, 0.29) is 0 Å². The quantitative estimate of drug-likeness (QED) is 0.767. The molecule has 0 aliphatic carbocycles. The molecule has 2 aliphatic heterocycles. The first-order valence-corrected chi connectivity index (χ1v) is 9.33. The zero-order chi connectivity index (χ0) is 17.2. The van der Waals surface area contributed by atoms with Gasteiger partial charge in [-0.05, 0) is 48.9 Å². The number of fused-ring (bicyclic) bond motifs is 2. The molecule has 0 spiro atoms. The van der Waals surface area contributed by atoms with Gasteiger partial charge < -0.3 is 4.74 Å². The van der Waals surface area contributed by atoms with E-state index in [1.165, 1.54) is 22.3 Å². The molecular formula is C23H27NO. The van der Waals surface area contributed by atoms with Gasteiger partial charge in [0.1, 0.15) is 0 Å². The Morgan fingerprint density at radius 1 is 1.00 bits per heavy atom. The van der Waals surface area contributed by atoms with E-state index in [0.29, 0.717) is 12.1 Å². The van der Waals surface area contributed by atoms with Gasteiger partial charge in [-0.2, -0.15) is 0 Å². The maximum Gasteiger partial charge on any atom is 0.0658 e. The highest BCUT2D eigenvalue weighted by Crippen LogP contribution is 2.31. The predicted octanol–water partition coefficient (Wildman–Crippen LogP) is 4.45. The molecule has 4 rings (SSSR count). The third kappa shape index (κ3) is 3.56. The number of aryl methyl sites for hydroxylation is 1. The highest BCUT2D eigenvalue weighted by Gasteiger charge is 2.34. The average molecular weight is 333 g/mol. The largest absolute Gasteiger partial charge is 0.378 e. The molecule has 2 aromatic rings. The lowest BCUT2D eigenvalue weighted by Gasteiger charge is -2.45. The van der Waals surface area contributed by atoms with Gasteiger partial charge in [-0.1, -0.05) is 60.2 Å². The van der Waals surface area contributed by atoms with Crippen molar-refractivity contribution in [1.82, 2.24) is 4.90 Å². The van der Waals surface area contributed by atoms with E-state index in [0.717, 1.165) is 32.6 Å². The number of benzene rings is 2. The Kier molecular flexibility index (Phi) is 4.74. The topological polar surface area (TPSA) is 12.5 Å². The summed E-state index contributed by atoms with van der Waals surface area (Å²) in [6.07, 6.45) is 4.68. The Morgan fingerprint density at radius 3 is 2.64 bits per heavy atom. The van der Waals surface area contributed by atoms with Crippen LogP contribution < -0.4 is 0 Å². The Hall–Kier alpha value is -1.90. The van der Waals surface area contributed by atoms with Crippen LogP contribution in [-0.2, 0) is 17.7 Å². The van der Waals surface area contributed by atoms with Gasteiger partial charge >= 0.3 is 0 Å². The summed E-state index contributed by atoms with van der Waals surface area (Å²) in [4.78, 5) is 2.63. The minimum atomic E-state index is 0.410. The Morgan fingerprint density at radius 2 is 1.84 bits per heavy atom. The van der Waals surface area contributed by atoms with E-state index < -0.39 is 0 Å². The van der Waals surface area contributed by atoms with Gasteiger partial charge in [0.15, 0.2) is 0 Å². The summed E-state index contributed by atoms with van der Waals surface area (Å²) in [6.45, 7) is 7.15. The molecule has 2 atom stereocenters. The molecular weight excluding hydrogens is 306 g/mol. The van der Waals surface area contributed by atoms with Crippen molar-refractivity contribution < 1.29 is 4.74 Å². The van der Waals surface area contributed by atoms with Crippen molar-refractivity contribution in [3.05, 3.63) is 82.4 Å². The Bertz CT molecular complexity index is 765. The molecule has 2 aromatic carbocycles. The van der Waals surface area contributed by atoms with E-state index in [1.807, 2.05) is 0 Å². The van der Waals surface area contributed by atoms with E-state index in [4.69, 9.17) is 4.74 Å². The smallest absolute Gasteiger partial charge is 0.0658 e. The number of ether oxygens (including phenoxy) is 1. The predicted molar refractivity (Wildman–Crippen MR) is 103 cm³/mol. The number of morpholine rings is 1. The molecule has 0 N–H and O–H groups in total. The van der Waals surface area contributed by atoms with Crippen molar-refractivity contribution in [2.45, 2.75) is 45.3 Å². The van der Waals surface area contributed by atoms with E-state index in [2.05, 4.69) is 73.4 Å². The molecule has 2 heteroatoms. The summed E-state index contributed by atoms with van der Waals surface area (Å²) in [7, 11) is 0. The van der Waals surface area contributed by atoms with Crippen LogP contribution in [0.1, 0.15) is 28.7 Å². The molecule has 2 heterocycles. The van der Waals surface area contributed by atoms with Crippen molar-refractivity contribution in [3.63, 3.8) is 0 Å². The minimum Gasteiger partial charge on any atom is -0.378 e. The summed E-state index contributed by atoms with van der Waals surface area (Å²) in [6, 6.07) is 18.4. The summed E-state index contributed by atoms with van der Waals surface area (Å²) in [5.74, 6) is 0. The molecule has 2 aliphatic rings. The Balaban J connectivity index is 1.54. The maximum absolute atomic E-state index is 5.86. The standard InChI is InChI=1S/C23H27NO/c1-17-7-6-10-21(18(17)2)11-20-12-22-15-25-16-23(13-20)24(22)14-19-8-4-3-5-9-19/h3-10,12,22-23H,11,13-16H2,1-2H3. The summed E-state index contributed by atoms with van der Waals surface area (Å²) < 4.78 is 5.86. The lowest BCUT2D eigenvalue weighted by atomic mass is 9.88. The molecule has 1 fully saturated rings. The molecule has 0 radical (unpaired) electrons. The van der Waals surface area contributed by atoms with Crippen molar-refractivity contribution in [2.75, 3.05) is 13.2 Å². The molecule has 1 saturated heterocycles. The molecule has 2 unspecified atom stereocenters. The summed E-state index contributed by atoms with van der Waals surface area (Å²) in [5, 5.41) is 0. The van der Waals surface area contributed by atoms with Crippen LogP contribution in [-0.4, -0.2) is 30.2 Å². The van der Waals surface area contributed by atoms with Crippen molar-refractivity contribution in [2.24, 2.45) is 0 Å². The fourth-order valence-corrected chi connectivity index (χ4v) is 4.17. The summed E-state index contributed by atoms with van der Waals surface area (Å²) >= 11 is 0. The van der Waals surface area contributed by atoms with Gasteiger partial charge in [0.25, 0.3) is 0 Å². The fourth-order valence-electron chi connectivity index (χ4n) is 4.17. The van der Waals surface area contributed by atoms with Crippen LogP contribution in [0.3, 0.4) is 0 Å². The first-order chi connectivity index (χ1) is 12.2. The lowest BCUT2D eigenvalue weighted by molar-refractivity contribution is -0.0440. The highest BCUT2D eigenvalue weighted by molar-refractivity contribution is 5.36. The van der Waals surface area contributed by atoms with Gasteiger partial charge in [0.05, 0.1) is 19.3 Å². The van der Waals surface area contributed by atoms with E-state index >= 15 is 0 Å². The molecule has 25 heavy (non-hydrogen) atoms. The molecule has 130 valence electrons. The monoisotopic (exact) mass is 333 g/mol. The number of hydrogen-bond donors (Lipinski definition) is 0. The van der Waals surface area contributed by atoms with Gasteiger partial charge in [-0.3, -0.25) is 4.90 Å². The second kappa shape index (κ2) is 7.15. The van der Waals surface area contributed by atoms with Gasteiger partial charge in [-0.15, -0.1) is 0 Å². The van der Waals surface area contributed by atoms with Crippen LogP contribution in [0.15, 0.2) is 60.2 Å². The lowest BCUT2D eigenvalue weighted by Crippen LogP contribution is -2.53. The van der Waals surface area contributed by atoms with Crippen LogP contribution in [0.2, 0.25) is 0 Å². The average Bonchev–Trinajstić information content (AvgIpc) is 2.60. The fraction of sp³-hybridized carbons (Fsp3) is 0.391. The third-order valence-corrected chi connectivity index (χ3v) is 5.76. The zero-order valence-electron chi connectivity index (χ0n) is 15.2. The SMILES string of the molecule is Cc1cccc(CC2=CC3COCC(C2)N3Cc2ccccc2)c1C. The highest BCUT2D eigenvalue weighted by atomic mass is 16.5. The van der Waals surface area contributed by atoms with Gasteiger partial charge in [-0.25, -0.2) is 0 Å². The van der Waals surface area contributed by atoms with Crippen LogP contribution in [0.5, 0.6) is 0 Å². The number of hydrogen-bond acceptors (Lipinski definition) is 2. The molecule has 0 amide bonds. The molecule has 0 aromatic heterocycles. The van der Waals surface area contributed by atoms with Crippen LogP contribution >= 0.6 is 0 Å². The Labute approximate surface area is 151 Å². The maximum atomic E-state index is 5.86. The third-order valence-electron chi connectivity index (χ3n) is 5.76. The van der Waals surface area contributed by atoms with E-state index in [9.17, 15) is 0 Å². The van der Waals surface area contributed by atoms with Crippen molar-refractivity contribution >= 4 is 0 Å². The van der Waals surface area contributed by atoms with Crippen molar-refractivity contribution in [1.29, 1.82) is 0 Å². The number of nitrogens with zero attached hydrogens (tertiary/aromatic N) is 1. The van der Waals surface area contributed by atoms with E-state index in [1.54, 1.807) is 5.57 Å². The van der Waals surface area contributed by atoms with Crippen LogP contribution in [0.4, 0.5) is 0 Å². The first kappa shape index (κ1) is 16.6. The van der Waals surface area contributed by atoms with Crippen molar-refractivity contribution in [3.8, 4) is 0 Å². The zero-order valence-corrected chi connectivity index (χ0v) is 15.2. The normalized spacial score (nSPS) is 23.4. The van der Waals surface area contributed by atoms with Crippen LogP contribution in [0, 0.1) is 13.8 Å². The molecule has 0 saturated carbocycles. The van der Waals surface area contributed by atoms with Gasteiger partial charge in [0, 0.05) is 12.6 Å². The van der Waals surface area contributed by atoms with Crippen LogP contribution in [0.25, 0.3) is 0 Å². The van der Waals surface area contributed by atoms with Gasteiger partial charge in [0.2, 0.25) is 0 Å². The molecule has 2 bridgehead atoms. The second-order valence-electron chi connectivity index (χ2n) is 7.48. The first-order valence-electron chi connectivity index (χ1n) is 9.33.